The molecule has 2 rings (SSSR count). The minimum Gasteiger partial charge on any atom is -0.336 e. The van der Waals surface area contributed by atoms with Crippen molar-refractivity contribution in [1.82, 2.24) is 5.32 Å². The van der Waals surface area contributed by atoms with E-state index in [4.69, 9.17) is 0 Å². The highest BCUT2D eigenvalue weighted by atomic mass is 16.2. The molecule has 0 aliphatic carbocycles. The molecular weight excluding hydrogens is 288 g/mol. The third-order valence-electron chi connectivity index (χ3n) is 3.07. The zero-order valence-corrected chi connectivity index (χ0v) is 13.2. The minimum absolute atomic E-state index is 0.0685. The molecular formula is C19H20N2O2. The maximum absolute atomic E-state index is 12.1. The van der Waals surface area contributed by atoms with Gasteiger partial charge in [-0.1, -0.05) is 36.4 Å². The SMILES string of the molecule is CC(C)NC(=O)Nc1ccc(C(=O)/C=C/c2ccccc2)cc1. The van der Waals surface area contributed by atoms with E-state index in [-0.39, 0.29) is 17.9 Å². The average molecular weight is 308 g/mol. The van der Waals surface area contributed by atoms with Crippen molar-refractivity contribution in [2.75, 3.05) is 5.32 Å². The molecule has 0 saturated heterocycles. The van der Waals surface area contributed by atoms with Gasteiger partial charge in [0.15, 0.2) is 5.78 Å². The lowest BCUT2D eigenvalue weighted by molar-refractivity contribution is 0.104. The molecule has 118 valence electrons. The quantitative estimate of drug-likeness (QED) is 0.645. The Hall–Kier alpha value is -2.88. The lowest BCUT2D eigenvalue weighted by Crippen LogP contribution is -2.34. The molecule has 0 bridgehead atoms. The zero-order chi connectivity index (χ0) is 16.7. The van der Waals surface area contributed by atoms with Crippen molar-refractivity contribution in [2.45, 2.75) is 19.9 Å². The maximum atomic E-state index is 12.1. The Bertz CT molecular complexity index is 689. The monoisotopic (exact) mass is 308 g/mol. The predicted octanol–water partition coefficient (Wildman–Crippen LogP) is 4.11. The van der Waals surface area contributed by atoms with Gasteiger partial charge in [0.2, 0.25) is 0 Å². The van der Waals surface area contributed by atoms with Crippen LogP contribution in [-0.2, 0) is 0 Å². The standard InChI is InChI=1S/C19H20N2O2/c1-14(2)20-19(23)21-17-11-9-16(10-12-17)18(22)13-8-15-6-4-3-5-7-15/h3-14H,1-2H3,(H2,20,21,23)/b13-8+. The summed E-state index contributed by atoms with van der Waals surface area (Å²) in [5.74, 6) is -0.0768. The van der Waals surface area contributed by atoms with E-state index in [1.54, 1.807) is 36.4 Å². The number of hydrogen-bond donors (Lipinski definition) is 2. The van der Waals surface area contributed by atoms with Gasteiger partial charge in [-0.05, 0) is 49.8 Å². The smallest absolute Gasteiger partial charge is 0.319 e. The van der Waals surface area contributed by atoms with Gasteiger partial charge in [0.05, 0.1) is 0 Å². The van der Waals surface area contributed by atoms with Crippen molar-refractivity contribution in [3.05, 3.63) is 71.8 Å². The summed E-state index contributed by atoms with van der Waals surface area (Å²) in [6.07, 6.45) is 3.33. The van der Waals surface area contributed by atoms with Gasteiger partial charge in [-0.3, -0.25) is 4.79 Å². The molecule has 2 N–H and O–H groups in total. The molecule has 0 aliphatic heterocycles. The number of rotatable bonds is 5. The topological polar surface area (TPSA) is 58.2 Å². The van der Waals surface area contributed by atoms with Crippen LogP contribution in [0.25, 0.3) is 6.08 Å². The highest BCUT2D eigenvalue weighted by Gasteiger charge is 2.05. The van der Waals surface area contributed by atoms with Gasteiger partial charge in [0.25, 0.3) is 0 Å². The second-order valence-electron chi connectivity index (χ2n) is 5.44. The van der Waals surface area contributed by atoms with Crippen LogP contribution in [0.15, 0.2) is 60.7 Å². The zero-order valence-electron chi connectivity index (χ0n) is 13.2. The molecule has 0 saturated carbocycles. The molecule has 0 heterocycles. The highest BCUT2D eigenvalue weighted by Crippen LogP contribution is 2.11. The molecule has 0 spiro atoms. The van der Waals surface area contributed by atoms with Gasteiger partial charge in [0.1, 0.15) is 0 Å². The molecule has 4 nitrogen and oxygen atoms in total. The lowest BCUT2D eigenvalue weighted by atomic mass is 10.1. The minimum atomic E-state index is -0.261. The number of urea groups is 1. The van der Waals surface area contributed by atoms with E-state index in [1.807, 2.05) is 44.2 Å². The Morgan fingerprint density at radius 1 is 0.957 bits per heavy atom. The molecule has 2 aromatic rings. The van der Waals surface area contributed by atoms with Crippen molar-refractivity contribution in [1.29, 1.82) is 0 Å². The van der Waals surface area contributed by atoms with E-state index in [9.17, 15) is 9.59 Å². The fourth-order valence-corrected chi connectivity index (χ4v) is 1.98. The number of hydrogen-bond acceptors (Lipinski definition) is 2. The van der Waals surface area contributed by atoms with Crippen LogP contribution in [0.5, 0.6) is 0 Å². The van der Waals surface area contributed by atoms with Crippen LogP contribution in [0.4, 0.5) is 10.5 Å². The molecule has 0 radical (unpaired) electrons. The van der Waals surface area contributed by atoms with Crippen molar-refractivity contribution >= 4 is 23.6 Å². The van der Waals surface area contributed by atoms with Gasteiger partial charge < -0.3 is 10.6 Å². The first kappa shape index (κ1) is 16.5. The largest absolute Gasteiger partial charge is 0.336 e. The normalized spacial score (nSPS) is 10.7. The summed E-state index contributed by atoms with van der Waals surface area (Å²) in [6.45, 7) is 3.78. The van der Waals surface area contributed by atoms with Gasteiger partial charge in [0, 0.05) is 17.3 Å². The number of allylic oxidation sites excluding steroid dienone is 1. The molecule has 0 aromatic heterocycles. The Balaban J connectivity index is 1.97. The van der Waals surface area contributed by atoms with E-state index in [2.05, 4.69) is 10.6 Å². The summed E-state index contributed by atoms with van der Waals surface area (Å²) in [7, 11) is 0. The van der Waals surface area contributed by atoms with E-state index in [0.29, 0.717) is 11.3 Å². The second kappa shape index (κ2) is 7.94. The number of amides is 2. The second-order valence-corrected chi connectivity index (χ2v) is 5.44. The highest BCUT2D eigenvalue weighted by molar-refractivity contribution is 6.07. The molecule has 23 heavy (non-hydrogen) atoms. The van der Waals surface area contributed by atoms with Crippen LogP contribution in [-0.4, -0.2) is 17.9 Å². The number of nitrogens with one attached hydrogen (secondary N) is 2. The fraction of sp³-hybridized carbons (Fsp3) is 0.158. The molecule has 4 heteroatoms. The van der Waals surface area contributed by atoms with Crippen LogP contribution >= 0.6 is 0 Å². The first-order valence-corrected chi connectivity index (χ1v) is 7.49. The van der Waals surface area contributed by atoms with Crippen LogP contribution in [0, 0.1) is 0 Å². The number of ketones is 1. The van der Waals surface area contributed by atoms with Gasteiger partial charge >= 0.3 is 6.03 Å². The fourth-order valence-electron chi connectivity index (χ4n) is 1.98. The Labute approximate surface area is 136 Å². The number of anilines is 1. The third-order valence-corrected chi connectivity index (χ3v) is 3.07. The van der Waals surface area contributed by atoms with Crippen LogP contribution in [0.2, 0.25) is 0 Å². The Morgan fingerprint density at radius 3 is 2.22 bits per heavy atom. The van der Waals surface area contributed by atoms with Crippen LogP contribution in [0.1, 0.15) is 29.8 Å². The number of carbonyl (C=O) groups excluding carboxylic acids is 2. The number of carbonyl (C=O) groups is 2. The third kappa shape index (κ3) is 5.43. The van der Waals surface area contributed by atoms with Gasteiger partial charge in [-0.15, -0.1) is 0 Å². The Morgan fingerprint density at radius 2 is 1.61 bits per heavy atom. The van der Waals surface area contributed by atoms with Gasteiger partial charge in [-0.25, -0.2) is 4.79 Å². The van der Waals surface area contributed by atoms with Crippen molar-refractivity contribution < 1.29 is 9.59 Å². The van der Waals surface area contributed by atoms with Crippen molar-refractivity contribution in [2.24, 2.45) is 0 Å². The number of benzene rings is 2. The van der Waals surface area contributed by atoms with Crippen molar-refractivity contribution in [3.63, 3.8) is 0 Å². The summed E-state index contributed by atoms with van der Waals surface area (Å²) < 4.78 is 0. The molecule has 0 aliphatic rings. The van der Waals surface area contributed by atoms with E-state index in [0.717, 1.165) is 5.56 Å². The predicted molar refractivity (Wildman–Crippen MR) is 93.5 cm³/mol. The molecule has 0 unspecified atom stereocenters. The average Bonchev–Trinajstić information content (AvgIpc) is 2.53. The summed E-state index contributed by atoms with van der Waals surface area (Å²) in [6, 6.07) is 16.3. The van der Waals surface area contributed by atoms with Crippen LogP contribution < -0.4 is 10.6 Å². The first-order valence-electron chi connectivity index (χ1n) is 7.49. The van der Waals surface area contributed by atoms with Crippen molar-refractivity contribution in [3.8, 4) is 0 Å². The summed E-state index contributed by atoms with van der Waals surface area (Å²) >= 11 is 0. The summed E-state index contributed by atoms with van der Waals surface area (Å²) in [5.41, 5.74) is 2.20. The summed E-state index contributed by atoms with van der Waals surface area (Å²) in [5, 5.41) is 5.46. The molecule has 2 amide bonds. The van der Waals surface area contributed by atoms with E-state index < -0.39 is 0 Å². The van der Waals surface area contributed by atoms with E-state index in [1.165, 1.54) is 0 Å². The Kier molecular flexibility index (Phi) is 5.69. The van der Waals surface area contributed by atoms with Crippen LogP contribution in [0.3, 0.4) is 0 Å². The maximum Gasteiger partial charge on any atom is 0.319 e. The molecule has 0 atom stereocenters. The van der Waals surface area contributed by atoms with Gasteiger partial charge in [-0.2, -0.15) is 0 Å². The first-order chi connectivity index (χ1) is 11.0. The van der Waals surface area contributed by atoms with E-state index >= 15 is 0 Å². The molecule has 0 fully saturated rings. The lowest BCUT2D eigenvalue weighted by Gasteiger charge is -2.10. The summed E-state index contributed by atoms with van der Waals surface area (Å²) in [4.78, 5) is 23.7. The molecule has 2 aromatic carbocycles.